The molecular weight excluding hydrogens is 118 g/mol. The van der Waals surface area contributed by atoms with E-state index in [0.717, 1.165) is 0 Å². The summed E-state index contributed by atoms with van der Waals surface area (Å²) in [6.45, 7) is -0.162. The van der Waals surface area contributed by atoms with E-state index in [9.17, 15) is 0 Å². The third-order valence-corrected chi connectivity index (χ3v) is 0.953. The molecule has 0 radical (unpaired) electrons. The molecule has 0 saturated carbocycles. The van der Waals surface area contributed by atoms with E-state index in [1.807, 2.05) is 24.9 Å². The van der Waals surface area contributed by atoms with Gasteiger partial charge in [0.25, 0.3) is 0 Å². The second kappa shape index (κ2) is 4.47. The second-order valence-electron chi connectivity index (χ2n) is 2.22. The van der Waals surface area contributed by atoms with Crippen LogP contribution < -0.4 is 0 Å². The number of aliphatic hydroxyl groups is 2. The van der Waals surface area contributed by atoms with Crippen LogP contribution in [0.5, 0.6) is 0 Å². The van der Waals surface area contributed by atoms with Crippen molar-refractivity contribution >= 4 is 6.21 Å². The van der Waals surface area contributed by atoms with Crippen LogP contribution in [0.1, 0.15) is 6.42 Å². The highest BCUT2D eigenvalue weighted by Gasteiger charge is 1.99. The third-order valence-electron chi connectivity index (χ3n) is 0.953. The van der Waals surface area contributed by atoms with Crippen LogP contribution in [0, 0.1) is 0 Å². The molecule has 3 heteroatoms. The van der Waals surface area contributed by atoms with Gasteiger partial charge in [0.2, 0.25) is 0 Å². The average molecular weight is 132 g/mol. The molecule has 1 unspecified atom stereocenters. The Bertz CT molecular complexity index is 97.2. The highest BCUT2D eigenvalue weighted by molar-refractivity contribution is 5.51. The van der Waals surface area contributed by atoms with Gasteiger partial charge in [0.1, 0.15) is 20.3 Å². The molecule has 0 amide bonds. The normalized spacial score (nSPS) is 12.9. The summed E-state index contributed by atoms with van der Waals surface area (Å²) in [6.07, 6.45) is 1.73. The molecule has 0 aromatic heterocycles. The van der Waals surface area contributed by atoms with E-state index in [0.29, 0.717) is 6.42 Å². The summed E-state index contributed by atoms with van der Waals surface area (Å²) in [5.74, 6) is 0. The Kier molecular flexibility index (Phi) is 4.26. The number of rotatable bonds is 3. The van der Waals surface area contributed by atoms with Crippen molar-refractivity contribution < 1.29 is 14.8 Å². The van der Waals surface area contributed by atoms with Gasteiger partial charge in [-0.05, 0) is 0 Å². The molecule has 1 atom stereocenters. The topological polar surface area (TPSA) is 43.5 Å². The third kappa shape index (κ3) is 5.46. The van der Waals surface area contributed by atoms with Crippen LogP contribution in [0.4, 0.5) is 0 Å². The zero-order valence-corrected chi connectivity index (χ0v) is 5.91. The molecule has 0 fully saturated rings. The van der Waals surface area contributed by atoms with Crippen molar-refractivity contribution in [1.82, 2.24) is 0 Å². The fourth-order valence-corrected chi connectivity index (χ4v) is 0.407. The van der Waals surface area contributed by atoms with E-state index >= 15 is 0 Å². The Balaban J connectivity index is 3.37. The summed E-state index contributed by atoms with van der Waals surface area (Å²) in [5, 5.41) is 17.2. The summed E-state index contributed by atoms with van der Waals surface area (Å²) in [5.41, 5.74) is 0. The molecule has 0 bridgehead atoms. The van der Waals surface area contributed by atoms with Gasteiger partial charge in [-0.1, -0.05) is 0 Å². The lowest BCUT2D eigenvalue weighted by Crippen LogP contribution is -2.14. The second-order valence-corrected chi connectivity index (χ2v) is 2.22. The van der Waals surface area contributed by atoms with Crippen molar-refractivity contribution in [1.29, 1.82) is 0 Å². The minimum Gasteiger partial charge on any atom is -0.394 e. The van der Waals surface area contributed by atoms with Gasteiger partial charge in [-0.2, -0.15) is 0 Å². The number of hydrogen-bond acceptors (Lipinski definition) is 2. The van der Waals surface area contributed by atoms with Gasteiger partial charge < -0.3 is 10.2 Å². The maximum atomic E-state index is 8.80. The molecule has 54 valence electrons. The zero-order valence-electron chi connectivity index (χ0n) is 5.91. The summed E-state index contributed by atoms with van der Waals surface area (Å²) in [4.78, 5) is 0. The van der Waals surface area contributed by atoms with Crippen LogP contribution in [-0.2, 0) is 0 Å². The van der Waals surface area contributed by atoms with Crippen LogP contribution in [0.15, 0.2) is 0 Å². The summed E-state index contributed by atoms with van der Waals surface area (Å²) < 4.78 is 1.85. The van der Waals surface area contributed by atoms with Gasteiger partial charge in [-0.25, -0.2) is 4.58 Å². The highest BCUT2D eigenvalue weighted by atomic mass is 16.3. The molecular formula is C6H14NO2+. The van der Waals surface area contributed by atoms with Crippen LogP contribution in [0.3, 0.4) is 0 Å². The van der Waals surface area contributed by atoms with Crippen molar-refractivity contribution in [3.63, 3.8) is 0 Å². The lowest BCUT2D eigenvalue weighted by molar-refractivity contribution is -0.460. The SMILES string of the molecule is C[N+](C)=CCC(O)CO. The van der Waals surface area contributed by atoms with E-state index in [1.165, 1.54) is 0 Å². The Morgan fingerprint density at radius 2 is 2.11 bits per heavy atom. The summed E-state index contributed by atoms with van der Waals surface area (Å²) >= 11 is 0. The molecule has 0 aliphatic carbocycles. The van der Waals surface area contributed by atoms with Crippen LogP contribution >= 0.6 is 0 Å². The van der Waals surface area contributed by atoms with Crippen molar-refractivity contribution in [3.05, 3.63) is 0 Å². The molecule has 0 rings (SSSR count). The molecule has 2 N–H and O–H groups in total. The molecule has 0 spiro atoms. The van der Waals surface area contributed by atoms with Crippen LogP contribution in [0.25, 0.3) is 0 Å². The summed E-state index contributed by atoms with van der Waals surface area (Å²) in [6, 6.07) is 0. The van der Waals surface area contributed by atoms with E-state index in [1.54, 1.807) is 0 Å². The molecule has 9 heavy (non-hydrogen) atoms. The molecule has 0 aliphatic heterocycles. The Morgan fingerprint density at radius 1 is 1.56 bits per heavy atom. The van der Waals surface area contributed by atoms with E-state index in [2.05, 4.69) is 0 Å². The lowest BCUT2D eigenvalue weighted by atomic mass is 10.3. The number of aliphatic hydroxyl groups excluding tert-OH is 2. The largest absolute Gasteiger partial charge is 0.394 e. The van der Waals surface area contributed by atoms with Crippen LogP contribution in [-0.4, -0.2) is 47.8 Å². The molecule has 0 heterocycles. The zero-order chi connectivity index (χ0) is 7.28. The highest BCUT2D eigenvalue weighted by Crippen LogP contribution is 1.83. The minimum atomic E-state index is -0.604. The maximum Gasteiger partial charge on any atom is 0.141 e. The molecule has 0 aromatic carbocycles. The Hall–Kier alpha value is -0.410. The first kappa shape index (κ1) is 8.59. The molecule has 0 aliphatic rings. The fraction of sp³-hybridized carbons (Fsp3) is 0.833. The molecule has 0 saturated heterocycles. The van der Waals surface area contributed by atoms with Gasteiger partial charge in [0, 0.05) is 0 Å². The number of hydrogen-bond donors (Lipinski definition) is 2. The first-order valence-electron chi connectivity index (χ1n) is 2.95. The van der Waals surface area contributed by atoms with Gasteiger partial charge in [-0.15, -0.1) is 0 Å². The summed E-state index contributed by atoms with van der Waals surface area (Å²) in [7, 11) is 3.76. The monoisotopic (exact) mass is 132 g/mol. The predicted molar refractivity (Wildman–Crippen MR) is 35.9 cm³/mol. The standard InChI is InChI=1S/C6H14NO2/c1-7(2)4-3-6(9)5-8/h4,6,8-9H,3,5H2,1-2H3/q+1. The first-order valence-corrected chi connectivity index (χ1v) is 2.95. The minimum absolute atomic E-state index is 0.162. The van der Waals surface area contributed by atoms with Crippen molar-refractivity contribution in [3.8, 4) is 0 Å². The molecule has 3 nitrogen and oxygen atoms in total. The average Bonchev–Trinajstić information content (AvgIpc) is 1.83. The van der Waals surface area contributed by atoms with Gasteiger partial charge in [0.05, 0.1) is 19.1 Å². The Morgan fingerprint density at radius 3 is 2.44 bits per heavy atom. The predicted octanol–water partition coefficient (Wildman–Crippen LogP) is -0.927. The number of nitrogens with zero attached hydrogens (tertiary/aromatic N) is 1. The Labute approximate surface area is 55.3 Å². The smallest absolute Gasteiger partial charge is 0.141 e. The van der Waals surface area contributed by atoms with Crippen molar-refractivity contribution in [2.24, 2.45) is 0 Å². The van der Waals surface area contributed by atoms with Crippen molar-refractivity contribution in [2.45, 2.75) is 12.5 Å². The van der Waals surface area contributed by atoms with Gasteiger partial charge >= 0.3 is 0 Å². The quantitative estimate of drug-likeness (QED) is 0.385. The van der Waals surface area contributed by atoms with E-state index in [-0.39, 0.29) is 6.61 Å². The fourth-order valence-electron chi connectivity index (χ4n) is 0.407. The lowest BCUT2D eigenvalue weighted by Gasteiger charge is -1.98. The van der Waals surface area contributed by atoms with E-state index < -0.39 is 6.10 Å². The van der Waals surface area contributed by atoms with Crippen molar-refractivity contribution in [2.75, 3.05) is 20.7 Å². The van der Waals surface area contributed by atoms with E-state index in [4.69, 9.17) is 10.2 Å². The maximum absolute atomic E-state index is 8.80. The van der Waals surface area contributed by atoms with Gasteiger partial charge in [0.15, 0.2) is 0 Å². The van der Waals surface area contributed by atoms with Crippen LogP contribution in [0.2, 0.25) is 0 Å². The first-order chi connectivity index (χ1) is 4.16. The van der Waals surface area contributed by atoms with Gasteiger partial charge in [-0.3, -0.25) is 0 Å². The molecule has 0 aromatic rings.